The summed E-state index contributed by atoms with van der Waals surface area (Å²) in [7, 11) is 0. The quantitative estimate of drug-likeness (QED) is 0.514. The lowest BCUT2D eigenvalue weighted by Gasteiger charge is -2.25. The fraction of sp³-hybridized carbons (Fsp3) is 0.350. The summed E-state index contributed by atoms with van der Waals surface area (Å²) in [5.41, 5.74) is 1.39. The van der Waals surface area contributed by atoms with Gasteiger partial charge in [-0.15, -0.1) is 11.3 Å². The summed E-state index contributed by atoms with van der Waals surface area (Å²) < 4.78 is 31.7. The summed E-state index contributed by atoms with van der Waals surface area (Å²) in [5, 5.41) is 21.3. The van der Waals surface area contributed by atoms with E-state index in [4.69, 9.17) is 9.90 Å². The number of hydrogen-bond acceptors (Lipinski definition) is 5. The minimum Gasteiger partial charge on any atom is -0.478 e. The number of nitrogens with zero attached hydrogens (tertiary/aromatic N) is 1. The molecule has 2 aromatic rings. The second-order valence-corrected chi connectivity index (χ2v) is 7.21. The van der Waals surface area contributed by atoms with E-state index in [9.17, 15) is 27.9 Å². The van der Waals surface area contributed by atoms with Gasteiger partial charge < -0.3 is 20.4 Å². The van der Waals surface area contributed by atoms with Crippen molar-refractivity contribution in [3.8, 4) is 0 Å². The van der Waals surface area contributed by atoms with Gasteiger partial charge >= 0.3 is 18.1 Å². The first-order chi connectivity index (χ1) is 14.5. The zero-order valence-electron chi connectivity index (χ0n) is 16.9. The zero-order valence-corrected chi connectivity index (χ0v) is 17.7. The van der Waals surface area contributed by atoms with Gasteiger partial charge in [0.15, 0.2) is 0 Å². The Morgan fingerprint density at radius 2 is 1.65 bits per heavy atom. The van der Waals surface area contributed by atoms with Crippen molar-refractivity contribution in [2.24, 2.45) is 0 Å². The lowest BCUT2D eigenvalue weighted by Crippen LogP contribution is -2.27. The third-order valence-electron chi connectivity index (χ3n) is 3.80. The SMILES string of the molecule is CCCN(CCC)c1ccc(NC(=O)c2cccs2)cc1C(=O)O.O=C(O)C(F)(F)F. The zero-order chi connectivity index (χ0) is 23.6. The van der Waals surface area contributed by atoms with Crippen LogP contribution in [0.15, 0.2) is 35.7 Å². The number of carbonyl (C=O) groups excluding carboxylic acids is 1. The third-order valence-corrected chi connectivity index (χ3v) is 4.67. The average Bonchev–Trinajstić information content (AvgIpc) is 3.22. The molecule has 7 nitrogen and oxygen atoms in total. The Hall–Kier alpha value is -3.08. The molecule has 1 aromatic heterocycles. The summed E-state index contributed by atoms with van der Waals surface area (Å²) in [6.45, 7) is 5.74. The van der Waals surface area contributed by atoms with Gasteiger partial charge in [0.2, 0.25) is 0 Å². The maximum absolute atomic E-state index is 12.1. The second kappa shape index (κ2) is 11.9. The van der Waals surface area contributed by atoms with Crippen LogP contribution in [0.1, 0.15) is 46.7 Å². The van der Waals surface area contributed by atoms with Crippen LogP contribution in [0.3, 0.4) is 0 Å². The molecule has 0 spiro atoms. The highest BCUT2D eigenvalue weighted by Gasteiger charge is 2.38. The van der Waals surface area contributed by atoms with Crippen LogP contribution >= 0.6 is 11.3 Å². The molecule has 0 saturated heterocycles. The number of hydrogen-bond donors (Lipinski definition) is 3. The standard InChI is InChI=1S/C18H22N2O3S.C2HF3O2/c1-3-9-20(10-4-2)15-8-7-13(12-14(15)18(22)23)19-17(21)16-6-5-11-24-16;3-2(4,5)1(6)7/h5-8,11-12H,3-4,9-10H2,1-2H3,(H,19,21)(H,22,23);(H,6,7). The number of carboxylic acids is 2. The third kappa shape index (κ3) is 8.28. The predicted molar refractivity (Wildman–Crippen MR) is 112 cm³/mol. The molecule has 11 heteroatoms. The summed E-state index contributed by atoms with van der Waals surface area (Å²) in [6.07, 6.45) is -3.20. The van der Waals surface area contributed by atoms with Gasteiger partial charge in [0.1, 0.15) is 0 Å². The molecule has 0 aliphatic rings. The topological polar surface area (TPSA) is 107 Å². The Labute approximate surface area is 181 Å². The number of alkyl halides is 3. The molecule has 0 aliphatic heterocycles. The smallest absolute Gasteiger partial charge is 0.478 e. The first kappa shape index (κ1) is 26.0. The van der Waals surface area contributed by atoms with E-state index < -0.39 is 18.1 Å². The Balaban J connectivity index is 0.000000592. The number of nitrogens with one attached hydrogen (secondary N) is 1. The van der Waals surface area contributed by atoms with Gasteiger partial charge in [-0.3, -0.25) is 4.79 Å². The van der Waals surface area contributed by atoms with E-state index in [1.807, 2.05) is 5.38 Å². The molecular formula is C20H23F3N2O5S. The van der Waals surface area contributed by atoms with Gasteiger partial charge in [-0.1, -0.05) is 19.9 Å². The highest BCUT2D eigenvalue weighted by atomic mass is 32.1. The molecule has 0 bridgehead atoms. The first-order valence-electron chi connectivity index (χ1n) is 9.28. The molecule has 0 fully saturated rings. The van der Waals surface area contributed by atoms with Crippen molar-refractivity contribution in [2.45, 2.75) is 32.9 Å². The van der Waals surface area contributed by atoms with Crippen molar-refractivity contribution < 1.29 is 37.8 Å². The summed E-state index contributed by atoms with van der Waals surface area (Å²) in [5.74, 6) is -3.98. The minimum absolute atomic E-state index is 0.209. The van der Waals surface area contributed by atoms with Crippen molar-refractivity contribution >= 4 is 40.6 Å². The highest BCUT2D eigenvalue weighted by molar-refractivity contribution is 7.12. The van der Waals surface area contributed by atoms with Crippen LogP contribution in [-0.2, 0) is 4.79 Å². The van der Waals surface area contributed by atoms with Gasteiger partial charge in [0.05, 0.1) is 16.1 Å². The molecule has 170 valence electrons. The molecule has 1 aromatic carbocycles. The number of rotatable bonds is 8. The maximum Gasteiger partial charge on any atom is 0.490 e. The van der Waals surface area contributed by atoms with E-state index in [0.717, 1.165) is 25.9 Å². The minimum atomic E-state index is -5.08. The molecule has 0 unspecified atom stereocenters. The molecule has 1 amide bonds. The number of amides is 1. The molecule has 3 N–H and O–H groups in total. The Kier molecular flexibility index (Phi) is 10.00. The lowest BCUT2D eigenvalue weighted by molar-refractivity contribution is -0.192. The molecule has 0 radical (unpaired) electrons. The van der Waals surface area contributed by atoms with Crippen molar-refractivity contribution in [2.75, 3.05) is 23.3 Å². The van der Waals surface area contributed by atoms with Gasteiger partial charge in [-0.05, 0) is 42.5 Å². The van der Waals surface area contributed by atoms with Crippen LogP contribution in [0.5, 0.6) is 0 Å². The Morgan fingerprint density at radius 3 is 2.06 bits per heavy atom. The number of anilines is 2. The lowest BCUT2D eigenvalue weighted by atomic mass is 10.1. The fourth-order valence-electron chi connectivity index (χ4n) is 2.55. The largest absolute Gasteiger partial charge is 0.490 e. The van der Waals surface area contributed by atoms with E-state index in [2.05, 4.69) is 24.1 Å². The number of aliphatic carboxylic acids is 1. The van der Waals surface area contributed by atoms with E-state index in [1.54, 1.807) is 24.3 Å². The maximum atomic E-state index is 12.1. The Morgan fingerprint density at radius 1 is 1.06 bits per heavy atom. The van der Waals surface area contributed by atoms with E-state index in [1.165, 1.54) is 17.4 Å². The summed E-state index contributed by atoms with van der Waals surface area (Å²) >= 11 is 1.35. The number of halogens is 3. The van der Waals surface area contributed by atoms with Crippen LogP contribution in [-0.4, -0.2) is 47.3 Å². The number of thiophene rings is 1. The highest BCUT2D eigenvalue weighted by Crippen LogP contribution is 2.26. The van der Waals surface area contributed by atoms with Crippen LogP contribution in [0.25, 0.3) is 0 Å². The van der Waals surface area contributed by atoms with E-state index >= 15 is 0 Å². The van der Waals surface area contributed by atoms with E-state index in [0.29, 0.717) is 16.3 Å². The summed E-state index contributed by atoms with van der Waals surface area (Å²) in [6, 6.07) is 8.60. The van der Waals surface area contributed by atoms with Crippen LogP contribution in [0, 0.1) is 0 Å². The number of aromatic carboxylic acids is 1. The average molecular weight is 460 g/mol. The van der Waals surface area contributed by atoms with Crippen LogP contribution < -0.4 is 10.2 Å². The predicted octanol–water partition coefficient (Wildman–Crippen LogP) is 4.96. The van der Waals surface area contributed by atoms with Crippen molar-refractivity contribution in [3.05, 3.63) is 46.2 Å². The molecule has 2 rings (SSSR count). The van der Waals surface area contributed by atoms with Gasteiger partial charge in [-0.25, -0.2) is 9.59 Å². The van der Waals surface area contributed by atoms with Crippen molar-refractivity contribution in [1.29, 1.82) is 0 Å². The number of carboxylic acid groups (broad SMARTS) is 2. The van der Waals surface area contributed by atoms with Gasteiger partial charge in [0.25, 0.3) is 5.91 Å². The van der Waals surface area contributed by atoms with Crippen LogP contribution in [0.4, 0.5) is 24.5 Å². The van der Waals surface area contributed by atoms with Crippen molar-refractivity contribution in [3.63, 3.8) is 0 Å². The van der Waals surface area contributed by atoms with Crippen LogP contribution in [0.2, 0.25) is 0 Å². The fourth-order valence-corrected chi connectivity index (χ4v) is 3.17. The molecule has 1 heterocycles. The van der Waals surface area contributed by atoms with E-state index in [-0.39, 0.29) is 11.5 Å². The second-order valence-electron chi connectivity index (χ2n) is 6.26. The molecular weight excluding hydrogens is 437 g/mol. The molecule has 0 saturated carbocycles. The van der Waals surface area contributed by atoms with Gasteiger partial charge in [0, 0.05) is 18.8 Å². The Bertz CT molecular complexity index is 879. The summed E-state index contributed by atoms with van der Waals surface area (Å²) in [4.78, 5) is 35.4. The number of benzene rings is 1. The molecule has 0 atom stereocenters. The number of carbonyl (C=O) groups is 3. The van der Waals surface area contributed by atoms with Crippen molar-refractivity contribution in [1.82, 2.24) is 0 Å². The molecule has 31 heavy (non-hydrogen) atoms. The van der Waals surface area contributed by atoms with Gasteiger partial charge in [-0.2, -0.15) is 13.2 Å². The first-order valence-corrected chi connectivity index (χ1v) is 10.2. The molecule has 0 aliphatic carbocycles. The monoisotopic (exact) mass is 460 g/mol. The normalized spacial score (nSPS) is 10.6.